The van der Waals surface area contributed by atoms with Crippen LogP contribution in [0.2, 0.25) is 0 Å². The van der Waals surface area contributed by atoms with E-state index in [1.54, 1.807) is 23.3 Å². The summed E-state index contributed by atoms with van der Waals surface area (Å²) in [6.07, 6.45) is 4.26. The molecule has 21 heavy (non-hydrogen) atoms. The molecule has 1 saturated carbocycles. The summed E-state index contributed by atoms with van der Waals surface area (Å²) in [7, 11) is 0.399. The lowest BCUT2D eigenvalue weighted by Gasteiger charge is -2.38. The molecule has 0 N–H and O–H groups in total. The van der Waals surface area contributed by atoms with Crippen molar-refractivity contribution in [2.75, 3.05) is 27.2 Å². The third-order valence-corrected chi connectivity index (χ3v) is 7.31. The standard InChI is InChI=1S/C14H24N2O4S/c1-15(2)13(17)12-5-6-14(20-12)7-9-16(10-8-14)21(18,19)11-3-4-11/h11-12H,3-10H2,1-2H3. The molecule has 1 atom stereocenters. The predicted molar refractivity (Wildman–Crippen MR) is 78.3 cm³/mol. The van der Waals surface area contributed by atoms with Crippen LogP contribution in [0.25, 0.3) is 0 Å². The highest BCUT2D eigenvalue weighted by Crippen LogP contribution is 2.41. The van der Waals surface area contributed by atoms with Gasteiger partial charge in [-0.2, -0.15) is 0 Å². The fourth-order valence-electron chi connectivity index (χ4n) is 3.37. The van der Waals surface area contributed by atoms with Crippen molar-refractivity contribution in [2.45, 2.75) is 55.5 Å². The first-order valence-electron chi connectivity index (χ1n) is 7.72. The Balaban J connectivity index is 1.60. The first kappa shape index (κ1) is 15.2. The number of rotatable bonds is 3. The van der Waals surface area contributed by atoms with Crippen LogP contribution in [-0.2, 0) is 19.6 Å². The SMILES string of the molecule is CN(C)C(=O)C1CCC2(CCN(S(=O)(=O)C3CC3)CC2)O1. The van der Waals surface area contributed by atoms with Crippen LogP contribution in [0.5, 0.6) is 0 Å². The van der Waals surface area contributed by atoms with Gasteiger partial charge >= 0.3 is 0 Å². The van der Waals surface area contributed by atoms with Gasteiger partial charge in [0.1, 0.15) is 6.10 Å². The molecule has 3 rings (SSSR count). The number of sulfonamides is 1. The third kappa shape index (κ3) is 2.83. The van der Waals surface area contributed by atoms with Gasteiger partial charge in [-0.05, 0) is 38.5 Å². The maximum atomic E-state index is 12.2. The zero-order valence-electron chi connectivity index (χ0n) is 12.7. The number of nitrogens with zero attached hydrogens (tertiary/aromatic N) is 2. The van der Waals surface area contributed by atoms with Gasteiger partial charge in [0.15, 0.2) is 0 Å². The summed E-state index contributed by atoms with van der Waals surface area (Å²) < 4.78 is 32.1. The molecular formula is C14H24N2O4S. The molecule has 3 aliphatic rings. The minimum atomic E-state index is -3.08. The zero-order chi connectivity index (χ0) is 15.3. The van der Waals surface area contributed by atoms with Gasteiger partial charge in [-0.3, -0.25) is 4.79 Å². The molecule has 0 aromatic rings. The number of hydrogen-bond acceptors (Lipinski definition) is 4. The number of carbonyl (C=O) groups excluding carboxylic acids is 1. The van der Waals surface area contributed by atoms with Gasteiger partial charge in [0, 0.05) is 27.2 Å². The summed E-state index contributed by atoms with van der Waals surface area (Å²) in [6, 6.07) is 0. The summed E-state index contributed by atoms with van der Waals surface area (Å²) in [5.74, 6) is 0.0138. The predicted octanol–water partition coefficient (Wildman–Crippen LogP) is 0.580. The Labute approximate surface area is 126 Å². The third-order valence-electron chi connectivity index (χ3n) is 4.91. The topological polar surface area (TPSA) is 66.9 Å². The molecule has 0 aromatic heterocycles. The second-order valence-corrected chi connectivity index (χ2v) is 8.92. The van der Waals surface area contributed by atoms with E-state index >= 15 is 0 Å². The Morgan fingerprint density at radius 3 is 2.29 bits per heavy atom. The monoisotopic (exact) mass is 316 g/mol. The summed E-state index contributed by atoms with van der Waals surface area (Å²) in [5.41, 5.74) is -0.286. The van der Waals surface area contributed by atoms with Crippen molar-refractivity contribution in [1.29, 1.82) is 0 Å². The molecule has 1 unspecified atom stereocenters. The van der Waals surface area contributed by atoms with Crippen LogP contribution in [0.1, 0.15) is 38.5 Å². The second-order valence-electron chi connectivity index (χ2n) is 6.70. The van der Waals surface area contributed by atoms with Gasteiger partial charge in [0.05, 0.1) is 10.9 Å². The summed E-state index contributed by atoms with van der Waals surface area (Å²) in [4.78, 5) is 13.6. The zero-order valence-corrected chi connectivity index (χ0v) is 13.6. The van der Waals surface area contributed by atoms with Crippen LogP contribution in [0.15, 0.2) is 0 Å². The molecule has 2 saturated heterocycles. The van der Waals surface area contributed by atoms with Crippen LogP contribution >= 0.6 is 0 Å². The Kier molecular flexibility index (Phi) is 3.78. The van der Waals surface area contributed by atoms with E-state index in [9.17, 15) is 13.2 Å². The van der Waals surface area contributed by atoms with Gasteiger partial charge in [-0.25, -0.2) is 12.7 Å². The molecule has 1 amide bonds. The largest absolute Gasteiger partial charge is 0.362 e. The molecule has 2 heterocycles. The maximum Gasteiger partial charge on any atom is 0.251 e. The molecular weight excluding hydrogens is 292 g/mol. The van der Waals surface area contributed by atoms with Gasteiger partial charge in [0.25, 0.3) is 5.91 Å². The lowest BCUT2D eigenvalue weighted by molar-refractivity contribution is -0.147. The number of ether oxygens (including phenoxy) is 1. The number of hydrogen-bond donors (Lipinski definition) is 0. The van der Waals surface area contributed by atoms with Crippen LogP contribution in [-0.4, -0.2) is 67.7 Å². The Hall–Kier alpha value is -0.660. The Morgan fingerprint density at radius 2 is 1.76 bits per heavy atom. The van der Waals surface area contributed by atoms with E-state index in [1.165, 1.54) is 0 Å². The molecule has 120 valence electrons. The normalized spacial score (nSPS) is 29.7. The average molecular weight is 316 g/mol. The first-order chi connectivity index (χ1) is 9.84. The average Bonchev–Trinajstić information content (AvgIpc) is 3.23. The van der Waals surface area contributed by atoms with Crippen LogP contribution in [0, 0.1) is 0 Å². The van der Waals surface area contributed by atoms with E-state index in [0.29, 0.717) is 25.9 Å². The van der Waals surface area contributed by atoms with Crippen LogP contribution in [0.3, 0.4) is 0 Å². The lowest BCUT2D eigenvalue weighted by Crippen LogP contribution is -2.48. The molecule has 0 radical (unpaired) electrons. The van der Waals surface area contributed by atoms with E-state index in [0.717, 1.165) is 25.7 Å². The molecule has 0 aromatic carbocycles. The quantitative estimate of drug-likeness (QED) is 0.764. The van der Waals surface area contributed by atoms with Crippen molar-refractivity contribution in [3.8, 4) is 0 Å². The van der Waals surface area contributed by atoms with Crippen LogP contribution in [0.4, 0.5) is 0 Å². The summed E-state index contributed by atoms with van der Waals surface area (Å²) in [6.45, 7) is 1.06. The summed E-state index contributed by atoms with van der Waals surface area (Å²) >= 11 is 0. The van der Waals surface area contributed by atoms with Crippen molar-refractivity contribution >= 4 is 15.9 Å². The second kappa shape index (κ2) is 5.21. The van der Waals surface area contributed by atoms with E-state index < -0.39 is 10.0 Å². The van der Waals surface area contributed by atoms with Gasteiger partial charge in [0.2, 0.25) is 10.0 Å². The first-order valence-corrected chi connectivity index (χ1v) is 9.22. The number of amides is 1. The van der Waals surface area contributed by atoms with E-state index in [2.05, 4.69) is 0 Å². The number of carbonyl (C=O) groups is 1. The minimum absolute atomic E-state index is 0.0138. The Bertz CT molecular complexity index is 519. The van der Waals surface area contributed by atoms with Gasteiger partial charge in [-0.1, -0.05) is 0 Å². The molecule has 2 aliphatic heterocycles. The lowest BCUT2D eigenvalue weighted by atomic mass is 9.89. The Morgan fingerprint density at radius 1 is 1.14 bits per heavy atom. The van der Waals surface area contributed by atoms with Gasteiger partial charge < -0.3 is 9.64 Å². The molecule has 3 fully saturated rings. The fraction of sp³-hybridized carbons (Fsp3) is 0.929. The highest BCUT2D eigenvalue weighted by molar-refractivity contribution is 7.90. The fourth-order valence-corrected chi connectivity index (χ4v) is 5.21. The van der Waals surface area contributed by atoms with Crippen molar-refractivity contribution < 1.29 is 17.9 Å². The molecule has 0 bridgehead atoms. The number of likely N-dealkylation sites (N-methyl/N-ethyl adjacent to an activating group) is 1. The highest BCUT2D eigenvalue weighted by Gasteiger charge is 2.48. The van der Waals surface area contributed by atoms with Crippen molar-refractivity contribution in [3.63, 3.8) is 0 Å². The number of piperidine rings is 1. The molecule has 1 spiro atoms. The smallest absolute Gasteiger partial charge is 0.251 e. The van der Waals surface area contributed by atoms with E-state index in [-0.39, 0.29) is 22.9 Å². The molecule has 7 heteroatoms. The van der Waals surface area contributed by atoms with Gasteiger partial charge in [-0.15, -0.1) is 0 Å². The van der Waals surface area contributed by atoms with Crippen molar-refractivity contribution in [3.05, 3.63) is 0 Å². The van der Waals surface area contributed by atoms with E-state index in [1.807, 2.05) is 0 Å². The minimum Gasteiger partial charge on any atom is -0.362 e. The maximum absolute atomic E-state index is 12.2. The van der Waals surface area contributed by atoms with E-state index in [4.69, 9.17) is 4.74 Å². The van der Waals surface area contributed by atoms with Crippen molar-refractivity contribution in [1.82, 2.24) is 9.21 Å². The highest BCUT2D eigenvalue weighted by atomic mass is 32.2. The molecule has 6 nitrogen and oxygen atoms in total. The molecule has 1 aliphatic carbocycles. The van der Waals surface area contributed by atoms with Crippen molar-refractivity contribution in [2.24, 2.45) is 0 Å². The van der Waals surface area contributed by atoms with Crippen LogP contribution < -0.4 is 0 Å². The summed E-state index contributed by atoms with van der Waals surface area (Å²) in [5, 5.41) is -0.140.